The fourth-order valence-corrected chi connectivity index (χ4v) is 4.73. The van der Waals surface area contributed by atoms with Crippen LogP contribution in [-0.2, 0) is 14.3 Å². The molecule has 0 aromatic carbocycles. The number of fused-ring (bicyclic) bond motifs is 3. The Kier molecular flexibility index (Phi) is 6.61. The Bertz CT molecular complexity index is 798. The molecular formula is C25H32O4. The zero-order chi connectivity index (χ0) is 21.1. The van der Waals surface area contributed by atoms with Crippen molar-refractivity contribution in [2.75, 3.05) is 0 Å². The third-order valence-corrected chi connectivity index (χ3v) is 6.53. The summed E-state index contributed by atoms with van der Waals surface area (Å²) in [4.78, 5) is 25.0. The van der Waals surface area contributed by atoms with Crippen LogP contribution in [0.5, 0.6) is 0 Å². The summed E-state index contributed by atoms with van der Waals surface area (Å²) in [6, 6.07) is 0. The minimum absolute atomic E-state index is 0.0906. The molecule has 3 aliphatic rings. The number of hydrogen-bond donors (Lipinski definition) is 1. The largest absolute Gasteiger partial charge is 0.512 e. The van der Waals surface area contributed by atoms with Gasteiger partial charge in [0.05, 0.1) is 5.76 Å². The fourth-order valence-electron chi connectivity index (χ4n) is 4.73. The van der Waals surface area contributed by atoms with Gasteiger partial charge in [-0.2, -0.15) is 0 Å². The molecule has 156 valence electrons. The highest BCUT2D eigenvalue weighted by atomic mass is 16.5. The molecule has 2 aliphatic carbocycles. The lowest BCUT2D eigenvalue weighted by atomic mass is 9.62. The summed E-state index contributed by atoms with van der Waals surface area (Å²) >= 11 is 0. The maximum Gasteiger partial charge on any atom is 0.317 e. The zero-order valence-corrected chi connectivity index (χ0v) is 17.7. The van der Waals surface area contributed by atoms with Crippen LogP contribution in [0.3, 0.4) is 0 Å². The molecule has 1 aliphatic heterocycles. The second kappa shape index (κ2) is 8.98. The van der Waals surface area contributed by atoms with E-state index in [4.69, 9.17) is 4.74 Å². The van der Waals surface area contributed by atoms with E-state index in [9.17, 15) is 14.7 Å². The Hall–Kier alpha value is -2.36. The predicted octanol–water partition coefficient (Wildman–Crippen LogP) is 5.10. The topological polar surface area (TPSA) is 63.6 Å². The van der Waals surface area contributed by atoms with Crippen LogP contribution in [0.4, 0.5) is 0 Å². The van der Waals surface area contributed by atoms with E-state index in [-0.39, 0.29) is 29.4 Å². The van der Waals surface area contributed by atoms with Gasteiger partial charge in [-0.05, 0) is 63.4 Å². The number of ether oxygens (including phenoxy) is 1. The van der Waals surface area contributed by atoms with Crippen molar-refractivity contribution in [3.05, 3.63) is 59.9 Å². The molecule has 0 spiro atoms. The first-order chi connectivity index (χ1) is 13.8. The molecule has 4 heteroatoms. The number of rotatable bonds is 0. The number of hydrogen-bond acceptors (Lipinski definition) is 4. The van der Waals surface area contributed by atoms with E-state index in [1.54, 1.807) is 13.0 Å². The summed E-state index contributed by atoms with van der Waals surface area (Å²) in [5.74, 6) is -1.07. The van der Waals surface area contributed by atoms with E-state index in [1.165, 1.54) is 18.6 Å². The molecule has 29 heavy (non-hydrogen) atoms. The summed E-state index contributed by atoms with van der Waals surface area (Å²) in [6.07, 6.45) is 17.2. The molecule has 0 aromatic heterocycles. The first-order valence-electron chi connectivity index (χ1n) is 10.6. The lowest BCUT2D eigenvalue weighted by Crippen LogP contribution is -2.37. The van der Waals surface area contributed by atoms with Crippen molar-refractivity contribution in [2.24, 2.45) is 35.5 Å². The van der Waals surface area contributed by atoms with Gasteiger partial charge >= 0.3 is 5.97 Å². The normalized spacial score (nSPS) is 38.3. The Labute approximate surface area is 173 Å². The molecule has 7 atom stereocenters. The maximum atomic E-state index is 12.7. The van der Waals surface area contributed by atoms with Crippen molar-refractivity contribution < 1.29 is 19.4 Å². The van der Waals surface area contributed by atoms with Gasteiger partial charge in [0, 0.05) is 12.0 Å². The van der Waals surface area contributed by atoms with Crippen molar-refractivity contribution in [3.63, 3.8) is 0 Å². The van der Waals surface area contributed by atoms with E-state index in [0.29, 0.717) is 5.92 Å². The second-order valence-electron chi connectivity index (χ2n) is 8.77. The van der Waals surface area contributed by atoms with Crippen molar-refractivity contribution in [1.82, 2.24) is 0 Å². The summed E-state index contributed by atoms with van der Waals surface area (Å²) < 4.78 is 5.33. The molecule has 3 rings (SSSR count). The van der Waals surface area contributed by atoms with Crippen molar-refractivity contribution in [1.29, 1.82) is 0 Å². The molecular weight excluding hydrogens is 364 g/mol. The SMILES string of the molecule is CC1=CCC2C(C=CC3C(C)C=CC=CC(C)OC(=O)C(C)C(=O)C=C(O)C32)C1. The standard InChI is InChI=1S/C25H32O4/c1-15-9-11-21-19(13-15)10-12-20-16(2)7-5-6-8-17(3)29-25(28)18(4)22(26)14-23(27)24(20)21/h5-10,12,14,16-21,24,27H,11,13H2,1-4H3. The highest BCUT2D eigenvalue weighted by Gasteiger charge is 2.41. The van der Waals surface area contributed by atoms with Crippen LogP contribution >= 0.6 is 0 Å². The van der Waals surface area contributed by atoms with Crippen LogP contribution in [0.2, 0.25) is 0 Å². The van der Waals surface area contributed by atoms with Crippen molar-refractivity contribution in [3.8, 4) is 0 Å². The molecule has 0 amide bonds. The maximum absolute atomic E-state index is 12.7. The molecule has 0 bridgehead atoms. The van der Waals surface area contributed by atoms with Crippen LogP contribution in [0.15, 0.2) is 59.9 Å². The van der Waals surface area contributed by atoms with Crippen molar-refractivity contribution >= 4 is 11.8 Å². The van der Waals surface area contributed by atoms with E-state index < -0.39 is 23.8 Å². The average Bonchev–Trinajstić information content (AvgIpc) is 2.68. The Balaban J connectivity index is 2.01. The summed E-state index contributed by atoms with van der Waals surface area (Å²) in [7, 11) is 0. The fraction of sp³-hybridized carbons (Fsp3) is 0.520. The van der Waals surface area contributed by atoms with E-state index >= 15 is 0 Å². The molecule has 0 radical (unpaired) electrons. The number of aliphatic hydroxyl groups is 1. The third-order valence-electron chi connectivity index (χ3n) is 6.53. The first kappa shape index (κ1) is 21.4. The van der Waals surface area contributed by atoms with E-state index in [0.717, 1.165) is 12.8 Å². The minimum Gasteiger partial charge on any atom is -0.512 e. The number of ketones is 1. The van der Waals surface area contributed by atoms with Gasteiger partial charge in [0.1, 0.15) is 12.0 Å². The predicted molar refractivity (Wildman–Crippen MR) is 114 cm³/mol. The minimum atomic E-state index is -0.939. The summed E-state index contributed by atoms with van der Waals surface area (Å²) in [6.45, 7) is 7.59. The number of carbonyl (C=O) groups excluding carboxylic acids is 2. The van der Waals surface area contributed by atoms with Gasteiger partial charge in [-0.25, -0.2) is 0 Å². The number of aliphatic hydroxyl groups excluding tert-OH is 1. The molecule has 4 nitrogen and oxygen atoms in total. The second-order valence-corrected chi connectivity index (χ2v) is 8.77. The lowest BCUT2D eigenvalue weighted by molar-refractivity contribution is -0.152. The van der Waals surface area contributed by atoms with Gasteiger partial charge in [-0.15, -0.1) is 0 Å². The highest BCUT2D eigenvalue weighted by Crippen LogP contribution is 2.47. The summed E-state index contributed by atoms with van der Waals surface area (Å²) in [5, 5.41) is 11.1. The van der Waals surface area contributed by atoms with Crippen LogP contribution < -0.4 is 0 Å². The van der Waals surface area contributed by atoms with Gasteiger partial charge < -0.3 is 9.84 Å². The van der Waals surface area contributed by atoms with Crippen LogP contribution in [-0.4, -0.2) is 23.0 Å². The molecule has 1 N–H and O–H groups in total. The summed E-state index contributed by atoms with van der Waals surface area (Å²) in [5.41, 5.74) is 1.37. The van der Waals surface area contributed by atoms with Gasteiger partial charge in [0.2, 0.25) is 0 Å². The average molecular weight is 397 g/mol. The Morgan fingerprint density at radius 3 is 2.52 bits per heavy atom. The zero-order valence-electron chi connectivity index (χ0n) is 17.7. The van der Waals surface area contributed by atoms with Gasteiger partial charge in [0.25, 0.3) is 0 Å². The number of esters is 1. The lowest BCUT2D eigenvalue weighted by Gasteiger charge is -2.43. The van der Waals surface area contributed by atoms with E-state index in [1.807, 2.05) is 12.2 Å². The smallest absolute Gasteiger partial charge is 0.317 e. The van der Waals surface area contributed by atoms with Gasteiger partial charge in [-0.1, -0.05) is 49.0 Å². The van der Waals surface area contributed by atoms with Crippen LogP contribution in [0.1, 0.15) is 40.5 Å². The number of carbonyl (C=O) groups is 2. The number of allylic oxidation sites excluding steroid dienone is 9. The van der Waals surface area contributed by atoms with Crippen LogP contribution in [0.25, 0.3) is 0 Å². The molecule has 0 fully saturated rings. The highest BCUT2D eigenvalue weighted by molar-refractivity contribution is 6.04. The molecule has 1 heterocycles. The number of cyclic esters (lactones) is 1. The monoisotopic (exact) mass is 396 g/mol. The van der Waals surface area contributed by atoms with Gasteiger partial charge in [-0.3, -0.25) is 9.59 Å². The quantitative estimate of drug-likeness (QED) is 0.351. The van der Waals surface area contributed by atoms with Crippen molar-refractivity contribution in [2.45, 2.75) is 46.6 Å². The van der Waals surface area contributed by atoms with Gasteiger partial charge in [0.15, 0.2) is 5.78 Å². The molecule has 0 saturated carbocycles. The third kappa shape index (κ3) is 4.80. The Morgan fingerprint density at radius 1 is 1.03 bits per heavy atom. The first-order valence-corrected chi connectivity index (χ1v) is 10.6. The molecule has 0 aromatic rings. The van der Waals surface area contributed by atoms with Crippen LogP contribution in [0, 0.1) is 35.5 Å². The Morgan fingerprint density at radius 2 is 1.76 bits per heavy atom. The molecule has 7 unspecified atom stereocenters. The van der Waals surface area contributed by atoms with E-state index in [2.05, 4.69) is 38.2 Å². The molecule has 0 saturated heterocycles.